The van der Waals surface area contributed by atoms with Crippen LogP contribution in [0.2, 0.25) is 0 Å². The number of likely N-dealkylation sites (tertiary alicyclic amines) is 1. The topological polar surface area (TPSA) is 168 Å². The van der Waals surface area contributed by atoms with Gasteiger partial charge in [0.15, 0.2) is 5.82 Å². The lowest BCUT2D eigenvalue weighted by molar-refractivity contribution is 0.0888. The molecule has 1 fully saturated rings. The number of nitrogens with zero attached hydrogens (tertiary/aromatic N) is 7. The summed E-state index contributed by atoms with van der Waals surface area (Å²) in [4.78, 5) is 29.1. The van der Waals surface area contributed by atoms with E-state index in [-0.39, 0.29) is 30.9 Å². The van der Waals surface area contributed by atoms with E-state index in [0.29, 0.717) is 18.5 Å². The smallest absolute Gasteiger partial charge is 0.407 e. The number of carbonyl (C=O) groups is 2. The summed E-state index contributed by atoms with van der Waals surface area (Å²) in [6, 6.07) is 5.79. The Kier molecular flexibility index (Phi) is 5.70. The molecular weight excluding hydrogens is 426 g/mol. The summed E-state index contributed by atoms with van der Waals surface area (Å²) >= 11 is 0. The molecule has 4 rings (SSSR count). The van der Waals surface area contributed by atoms with Crippen LogP contribution in [0, 0.1) is 11.3 Å². The van der Waals surface area contributed by atoms with Crippen molar-refractivity contribution in [3.8, 4) is 17.3 Å². The van der Waals surface area contributed by atoms with E-state index in [2.05, 4.69) is 26.6 Å². The Balaban J connectivity index is 1.60. The van der Waals surface area contributed by atoms with Crippen LogP contribution in [0.3, 0.4) is 0 Å². The van der Waals surface area contributed by atoms with E-state index in [1.165, 1.54) is 11.1 Å². The second-order valence-corrected chi connectivity index (χ2v) is 7.99. The number of anilines is 2. The highest BCUT2D eigenvalue weighted by Crippen LogP contribution is 2.35. The molecule has 3 aromatic heterocycles. The molecule has 12 heteroatoms. The summed E-state index contributed by atoms with van der Waals surface area (Å²) in [5.41, 5.74) is 7.24. The van der Waals surface area contributed by atoms with E-state index in [4.69, 9.17) is 5.73 Å². The average Bonchev–Trinajstić information content (AvgIpc) is 3.42. The fourth-order valence-corrected chi connectivity index (χ4v) is 3.97. The summed E-state index contributed by atoms with van der Waals surface area (Å²) in [6.07, 6.45) is 6.63. The van der Waals surface area contributed by atoms with Crippen LogP contribution in [-0.2, 0) is 12.6 Å². The van der Waals surface area contributed by atoms with Gasteiger partial charge in [0, 0.05) is 38.1 Å². The van der Waals surface area contributed by atoms with Gasteiger partial charge in [-0.15, -0.1) is 0 Å². The van der Waals surface area contributed by atoms with Gasteiger partial charge in [0.05, 0.1) is 41.8 Å². The first-order valence-electron chi connectivity index (χ1n) is 10.3. The summed E-state index contributed by atoms with van der Waals surface area (Å²) in [7, 11) is 1.83. The van der Waals surface area contributed by atoms with Gasteiger partial charge >= 0.3 is 6.09 Å². The number of amides is 2. The van der Waals surface area contributed by atoms with Gasteiger partial charge in [-0.05, 0) is 25.0 Å². The number of rotatable bonds is 6. The number of aryl methyl sites for hydroxylation is 1. The minimum absolute atomic E-state index is 0.126. The molecule has 0 saturated carbocycles. The third-order valence-corrected chi connectivity index (χ3v) is 5.87. The van der Waals surface area contributed by atoms with Crippen LogP contribution in [-0.4, -0.2) is 59.6 Å². The Morgan fingerprint density at radius 2 is 2.03 bits per heavy atom. The lowest BCUT2D eigenvalue weighted by atomic mass is 9.85. The quantitative estimate of drug-likeness (QED) is 0.512. The Labute approximate surface area is 189 Å². The highest BCUT2D eigenvalue weighted by Gasteiger charge is 2.39. The van der Waals surface area contributed by atoms with Crippen molar-refractivity contribution in [3.05, 3.63) is 42.5 Å². The molecule has 0 radical (unpaired) electrons. The highest BCUT2D eigenvalue weighted by molar-refractivity contribution is 5.98. The molecule has 4 heterocycles. The van der Waals surface area contributed by atoms with Crippen LogP contribution < -0.4 is 11.1 Å². The second-order valence-electron chi connectivity index (χ2n) is 7.99. The van der Waals surface area contributed by atoms with Crippen LogP contribution in [0.15, 0.2) is 36.9 Å². The van der Waals surface area contributed by atoms with Gasteiger partial charge in [0.25, 0.3) is 5.91 Å². The van der Waals surface area contributed by atoms with E-state index >= 15 is 0 Å². The van der Waals surface area contributed by atoms with Gasteiger partial charge in [-0.3, -0.25) is 19.1 Å². The van der Waals surface area contributed by atoms with Gasteiger partial charge in [-0.1, -0.05) is 0 Å². The number of pyridine rings is 1. The molecule has 3 aromatic rings. The third kappa shape index (κ3) is 4.33. The maximum absolute atomic E-state index is 12.1. The SMILES string of the molecule is Cn1cc(-c2ccc(Nc3nn(C4(CC#N)CCN(C(=O)O)CC4)cc3C(N)=O)cn2)cn1. The standard InChI is InChI=1S/C21H23N9O3/c1-28-12-14(10-25-28)17-3-2-15(11-24-17)26-19-16(18(23)31)13-30(27-19)21(4-7-22)5-8-29(9-6-21)20(32)33/h2-3,10-13H,4-6,8-9H2,1H3,(H2,23,31)(H,26,27)(H,32,33). The molecule has 0 aromatic carbocycles. The van der Waals surface area contributed by atoms with Gasteiger partial charge in [0.2, 0.25) is 0 Å². The zero-order valence-corrected chi connectivity index (χ0v) is 18.0. The molecule has 1 saturated heterocycles. The minimum Gasteiger partial charge on any atom is -0.465 e. The van der Waals surface area contributed by atoms with Crippen LogP contribution in [0.25, 0.3) is 11.3 Å². The zero-order chi connectivity index (χ0) is 23.6. The number of carbonyl (C=O) groups excluding carboxylic acids is 1. The van der Waals surface area contributed by atoms with Gasteiger partial charge in [0.1, 0.15) is 5.56 Å². The number of nitriles is 1. The molecule has 33 heavy (non-hydrogen) atoms. The predicted molar refractivity (Wildman–Crippen MR) is 118 cm³/mol. The first kappa shape index (κ1) is 21.8. The molecule has 1 aliphatic heterocycles. The van der Waals surface area contributed by atoms with Crippen LogP contribution >= 0.6 is 0 Å². The minimum atomic E-state index is -0.997. The van der Waals surface area contributed by atoms with Gasteiger partial charge in [-0.25, -0.2) is 4.79 Å². The number of primary amides is 1. The second kappa shape index (κ2) is 8.62. The normalized spacial score (nSPS) is 15.1. The van der Waals surface area contributed by atoms with Gasteiger partial charge in [-0.2, -0.15) is 15.5 Å². The number of carboxylic acid groups (broad SMARTS) is 1. The number of nitrogens with one attached hydrogen (secondary N) is 1. The molecule has 0 aliphatic carbocycles. The largest absolute Gasteiger partial charge is 0.465 e. The van der Waals surface area contributed by atoms with E-state index < -0.39 is 17.5 Å². The van der Waals surface area contributed by atoms with Crippen molar-refractivity contribution in [2.45, 2.75) is 24.8 Å². The Morgan fingerprint density at radius 3 is 2.58 bits per heavy atom. The van der Waals surface area contributed by atoms with Crippen molar-refractivity contribution < 1.29 is 14.7 Å². The molecule has 4 N–H and O–H groups in total. The van der Waals surface area contributed by atoms with Crippen molar-refractivity contribution in [1.82, 2.24) is 29.4 Å². The number of nitrogens with two attached hydrogens (primary N) is 1. The predicted octanol–water partition coefficient (Wildman–Crippen LogP) is 1.90. The highest BCUT2D eigenvalue weighted by atomic mass is 16.4. The molecule has 1 aliphatic rings. The Hall–Kier alpha value is -4.40. The van der Waals surface area contributed by atoms with Crippen molar-refractivity contribution in [2.24, 2.45) is 12.8 Å². The molecule has 2 amide bonds. The van der Waals surface area contributed by atoms with Crippen molar-refractivity contribution in [2.75, 3.05) is 18.4 Å². The van der Waals surface area contributed by atoms with Crippen LogP contribution in [0.5, 0.6) is 0 Å². The van der Waals surface area contributed by atoms with E-state index in [9.17, 15) is 20.0 Å². The first-order chi connectivity index (χ1) is 15.8. The number of hydrogen-bond donors (Lipinski definition) is 3. The fraction of sp³-hybridized carbons (Fsp3) is 0.333. The first-order valence-corrected chi connectivity index (χ1v) is 10.3. The van der Waals surface area contributed by atoms with E-state index in [0.717, 1.165) is 11.3 Å². The number of aromatic nitrogens is 5. The average molecular weight is 449 g/mol. The van der Waals surface area contributed by atoms with E-state index in [1.54, 1.807) is 27.8 Å². The van der Waals surface area contributed by atoms with E-state index in [1.807, 2.05) is 19.3 Å². The number of piperidine rings is 1. The summed E-state index contributed by atoms with van der Waals surface area (Å²) in [6.45, 7) is 0.538. The molecule has 0 spiro atoms. The number of hydrogen-bond acceptors (Lipinski definition) is 7. The molecule has 12 nitrogen and oxygen atoms in total. The molecule has 0 atom stereocenters. The Bertz CT molecular complexity index is 1210. The summed E-state index contributed by atoms with van der Waals surface area (Å²) in [5.74, 6) is -0.421. The third-order valence-electron chi connectivity index (χ3n) is 5.87. The lowest BCUT2D eigenvalue weighted by Gasteiger charge is -2.39. The van der Waals surface area contributed by atoms with Crippen LogP contribution in [0.4, 0.5) is 16.3 Å². The zero-order valence-electron chi connectivity index (χ0n) is 18.0. The summed E-state index contributed by atoms with van der Waals surface area (Å²) < 4.78 is 3.27. The monoisotopic (exact) mass is 449 g/mol. The molecule has 0 bridgehead atoms. The van der Waals surface area contributed by atoms with Gasteiger partial charge < -0.3 is 21.1 Å². The maximum Gasteiger partial charge on any atom is 0.407 e. The van der Waals surface area contributed by atoms with Crippen molar-refractivity contribution in [3.63, 3.8) is 0 Å². The maximum atomic E-state index is 12.1. The molecular formula is C21H23N9O3. The van der Waals surface area contributed by atoms with Crippen molar-refractivity contribution >= 4 is 23.5 Å². The van der Waals surface area contributed by atoms with Crippen molar-refractivity contribution in [1.29, 1.82) is 5.26 Å². The lowest BCUT2D eigenvalue weighted by Crippen LogP contribution is -2.47. The van der Waals surface area contributed by atoms with Crippen LogP contribution in [0.1, 0.15) is 29.6 Å². The Morgan fingerprint density at radius 1 is 1.27 bits per heavy atom. The summed E-state index contributed by atoms with van der Waals surface area (Å²) in [5, 5.41) is 30.4. The fourth-order valence-electron chi connectivity index (χ4n) is 3.97. The molecule has 170 valence electrons. The molecule has 0 unspecified atom stereocenters.